The van der Waals surface area contributed by atoms with E-state index in [9.17, 15) is 4.79 Å². The number of H-pyrrole nitrogens is 1. The summed E-state index contributed by atoms with van der Waals surface area (Å²) in [5, 5.41) is 0. The van der Waals surface area contributed by atoms with Gasteiger partial charge in [-0.3, -0.25) is 9.69 Å². The second kappa shape index (κ2) is 7.68. The topological polar surface area (TPSA) is 57.8 Å². The summed E-state index contributed by atoms with van der Waals surface area (Å²) in [5.74, 6) is 0.545. The van der Waals surface area contributed by atoms with E-state index in [1.54, 1.807) is 19.0 Å². The molecule has 1 amide bonds. The Labute approximate surface area is 144 Å². The third-order valence-electron chi connectivity index (χ3n) is 5.34. The van der Waals surface area contributed by atoms with Crippen LogP contribution in [0.5, 0.6) is 0 Å². The lowest BCUT2D eigenvalue weighted by Crippen LogP contribution is -2.50. The van der Waals surface area contributed by atoms with Crippen LogP contribution in [0.3, 0.4) is 0 Å². The molecule has 1 aliphatic carbocycles. The van der Waals surface area contributed by atoms with Crippen molar-refractivity contribution >= 4 is 5.91 Å². The van der Waals surface area contributed by atoms with Crippen LogP contribution in [-0.2, 0) is 16.0 Å². The molecule has 0 aromatic carbocycles. The summed E-state index contributed by atoms with van der Waals surface area (Å²) in [6.07, 6.45) is 3.93. The molecule has 1 aromatic rings. The van der Waals surface area contributed by atoms with E-state index in [-0.39, 0.29) is 5.91 Å². The van der Waals surface area contributed by atoms with E-state index in [1.165, 1.54) is 12.8 Å². The van der Waals surface area contributed by atoms with Gasteiger partial charge in [-0.05, 0) is 25.0 Å². The second-order valence-corrected chi connectivity index (χ2v) is 7.08. The molecule has 3 atom stereocenters. The van der Waals surface area contributed by atoms with Crippen LogP contribution < -0.4 is 0 Å². The number of hydrogen-bond acceptors (Lipinski definition) is 4. The van der Waals surface area contributed by atoms with Crippen LogP contribution in [0.4, 0.5) is 0 Å². The Morgan fingerprint density at radius 1 is 1.42 bits per heavy atom. The van der Waals surface area contributed by atoms with Crippen LogP contribution in [0, 0.1) is 5.92 Å². The van der Waals surface area contributed by atoms with Crippen molar-refractivity contribution in [2.75, 3.05) is 41.0 Å². The molecule has 1 saturated carbocycles. The first-order valence-corrected chi connectivity index (χ1v) is 8.84. The number of ether oxygens (including phenoxy) is 2. The van der Waals surface area contributed by atoms with Gasteiger partial charge < -0.3 is 19.4 Å². The Hall–Kier alpha value is -1.37. The van der Waals surface area contributed by atoms with Gasteiger partial charge in [0.25, 0.3) is 5.91 Å². The molecule has 6 nitrogen and oxygen atoms in total. The zero-order valence-electron chi connectivity index (χ0n) is 15.0. The van der Waals surface area contributed by atoms with Crippen molar-refractivity contribution in [3.8, 4) is 0 Å². The average Bonchev–Trinajstić information content (AvgIpc) is 3.23. The molecule has 2 heterocycles. The fourth-order valence-corrected chi connectivity index (χ4v) is 4.05. The van der Waals surface area contributed by atoms with Crippen molar-refractivity contribution in [1.29, 1.82) is 0 Å². The van der Waals surface area contributed by atoms with E-state index in [0.29, 0.717) is 23.8 Å². The first-order chi connectivity index (χ1) is 11.6. The second-order valence-electron chi connectivity index (χ2n) is 7.08. The monoisotopic (exact) mass is 335 g/mol. The van der Waals surface area contributed by atoms with Gasteiger partial charge in [0.2, 0.25) is 0 Å². The Bertz CT molecular complexity index is 557. The Morgan fingerprint density at radius 3 is 3.00 bits per heavy atom. The lowest BCUT2D eigenvalue weighted by Gasteiger charge is -2.40. The molecule has 2 fully saturated rings. The van der Waals surface area contributed by atoms with Crippen molar-refractivity contribution in [1.82, 2.24) is 14.8 Å². The molecule has 1 aromatic heterocycles. The summed E-state index contributed by atoms with van der Waals surface area (Å²) in [7, 11) is 5.36. The molecule has 24 heavy (non-hydrogen) atoms. The van der Waals surface area contributed by atoms with Crippen molar-refractivity contribution < 1.29 is 14.3 Å². The van der Waals surface area contributed by atoms with E-state index in [0.717, 1.165) is 38.4 Å². The van der Waals surface area contributed by atoms with Gasteiger partial charge >= 0.3 is 0 Å². The first-order valence-electron chi connectivity index (χ1n) is 8.84. The molecule has 1 N–H and O–H groups in total. The van der Waals surface area contributed by atoms with Gasteiger partial charge in [-0.25, -0.2) is 0 Å². The van der Waals surface area contributed by atoms with Crippen LogP contribution >= 0.6 is 0 Å². The van der Waals surface area contributed by atoms with Crippen LogP contribution in [0.15, 0.2) is 12.1 Å². The first kappa shape index (κ1) is 17.5. The molecule has 0 unspecified atom stereocenters. The molecule has 6 heteroatoms. The molecule has 0 radical (unpaired) electrons. The minimum atomic E-state index is 0.00928. The van der Waals surface area contributed by atoms with E-state index < -0.39 is 0 Å². The molecular weight excluding hydrogens is 306 g/mol. The summed E-state index contributed by atoms with van der Waals surface area (Å²) in [5.41, 5.74) is 1.73. The van der Waals surface area contributed by atoms with E-state index in [2.05, 4.69) is 9.88 Å². The minimum Gasteiger partial charge on any atom is -0.381 e. The minimum absolute atomic E-state index is 0.00928. The number of nitrogens with zero attached hydrogens (tertiary/aromatic N) is 2. The van der Waals surface area contributed by atoms with Gasteiger partial charge in [-0.1, -0.05) is 6.42 Å². The average molecular weight is 335 g/mol. The summed E-state index contributed by atoms with van der Waals surface area (Å²) < 4.78 is 11.5. The highest BCUT2D eigenvalue weighted by atomic mass is 16.5. The van der Waals surface area contributed by atoms with Gasteiger partial charge in [0.15, 0.2) is 0 Å². The highest BCUT2D eigenvalue weighted by molar-refractivity contribution is 5.92. The highest BCUT2D eigenvalue weighted by Crippen LogP contribution is 2.34. The SMILES string of the molecule is CO[C@@H]1CCC[C@@H]1[C@@H]1COCCN1Cc1ccc(C(=O)N(C)C)[nH]1. The van der Waals surface area contributed by atoms with Crippen molar-refractivity contribution in [2.24, 2.45) is 5.92 Å². The number of amides is 1. The quantitative estimate of drug-likeness (QED) is 0.890. The third kappa shape index (κ3) is 3.66. The lowest BCUT2D eigenvalue weighted by molar-refractivity contribution is -0.0611. The Kier molecular flexibility index (Phi) is 5.58. The highest BCUT2D eigenvalue weighted by Gasteiger charge is 2.38. The maximum Gasteiger partial charge on any atom is 0.269 e. The molecule has 134 valence electrons. The summed E-state index contributed by atoms with van der Waals surface area (Å²) in [4.78, 5) is 19.4. The predicted molar refractivity (Wildman–Crippen MR) is 92.0 cm³/mol. The number of aromatic amines is 1. The predicted octanol–water partition coefficient (Wildman–Crippen LogP) is 1.73. The van der Waals surface area contributed by atoms with Gasteiger partial charge in [-0.15, -0.1) is 0 Å². The van der Waals surface area contributed by atoms with Crippen molar-refractivity contribution in [3.05, 3.63) is 23.5 Å². The van der Waals surface area contributed by atoms with E-state index in [4.69, 9.17) is 9.47 Å². The smallest absolute Gasteiger partial charge is 0.269 e. The summed E-state index contributed by atoms with van der Waals surface area (Å²) in [6, 6.07) is 4.29. The number of morpholine rings is 1. The molecule has 0 bridgehead atoms. The number of hydrogen-bond donors (Lipinski definition) is 1. The van der Waals surface area contributed by atoms with Crippen LogP contribution in [0.2, 0.25) is 0 Å². The van der Waals surface area contributed by atoms with Gasteiger partial charge in [-0.2, -0.15) is 0 Å². The molecule has 1 aliphatic heterocycles. The normalized spacial score (nSPS) is 28.2. The molecule has 0 spiro atoms. The maximum absolute atomic E-state index is 12.0. The molecular formula is C18H29N3O3. The number of aromatic nitrogens is 1. The number of rotatable bonds is 5. The Balaban J connectivity index is 1.69. The van der Waals surface area contributed by atoms with Gasteiger partial charge in [0.05, 0.1) is 19.3 Å². The molecule has 3 rings (SSSR count). The van der Waals surface area contributed by atoms with Crippen LogP contribution in [-0.4, -0.2) is 73.8 Å². The van der Waals surface area contributed by atoms with Crippen LogP contribution in [0.25, 0.3) is 0 Å². The largest absolute Gasteiger partial charge is 0.381 e. The molecule has 1 saturated heterocycles. The van der Waals surface area contributed by atoms with E-state index in [1.807, 2.05) is 19.2 Å². The maximum atomic E-state index is 12.0. The van der Waals surface area contributed by atoms with Gasteiger partial charge in [0, 0.05) is 51.9 Å². The van der Waals surface area contributed by atoms with E-state index >= 15 is 0 Å². The zero-order valence-corrected chi connectivity index (χ0v) is 15.0. The number of carbonyl (C=O) groups excluding carboxylic acids is 1. The van der Waals surface area contributed by atoms with Crippen LogP contribution in [0.1, 0.15) is 35.4 Å². The van der Waals surface area contributed by atoms with Gasteiger partial charge in [0.1, 0.15) is 5.69 Å². The number of carbonyl (C=O) groups is 1. The zero-order chi connectivity index (χ0) is 17.1. The lowest BCUT2D eigenvalue weighted by atomic mass is 9.94. The Morgan fingerprint density at radius 2 is 2.25 bits per heavy atom. The molecule has 2 aliphatic rings. The standard InChI is InChI=1S/C18H29N3O3/c1-20(2)18(22)15-8-7-13(19-15)11-21-9-10-24-12-16(21)14-5-4-6-17(14)23-3/h7-8,14,16-17,19H,4-6,9-12H2,1-3H3/t14-,16+,17-/m1/s1. The number of nitrogens with one attached hydrogen (secondary N) is 1. The summed E-state index contributed by atoms with van der Waals surface area (Å²) in [6.45, 7) is 3.29. The number of methoxy groups -OCH3 is 1. The van der Waals surface area contributed by atoms with Crippen molar-refractivity contribution in [2.45, 2.75) is 38.0 Å². The summed E-state index contributed by atoms with van der Waals surface area (Å²) >= 11 is 0. The fourth-order valence-electron chi connectivity index (χ4n) is 4.05. The fraction of sp³-hybridized carbons (Fsp3) is 0.722. The third-order valence-corrected chi connectivity index (χ3v) is 5.34. The van der Waals surface area contributed by atoms with Crippen molar-refractivity contribution in [3.63, 3.8) is 0 Å².